The van der Waals surface area contributed by atoms with Crippen LogP contribution in [0, 0.1) is 5.82 Å². The molecule has 4 rings (SSSR count). The van der Waals surface area contributed by atoms with Crippen LogP contribution in [0.25, 0.3) is 11.0 Å². The molecule has 3 aromatic carbocycles. The highest BCUT2D eigenvalue weighted by Gasteiger charge is 2.21. The highest BCUT2D eigenvalue weighted by Crippen LogP contribution is 2.36. The van der Waals surface area contributed by atoms with Crippen molar-refractivity contribution in [3.05, 3.63) is 87.4 Å². The monoisotopic (exact) mass is 489 g/mol. The number of H-pyrrole nitrogens is 1. The number of imidazole rings is 1. The Morgan fingerprint density at radius 3 is 2.77 bits per heavy atom. The maximum absolute atomic E-state index is 15.3. The number of rotatable bonds is 7. The number of fused-ring (bicyclic) bond motifs is 1. The van der Waals surface area contributed by atoms with E-state index >= 15 is 4.39 Å². The van der Waals surface area contributed by atoms with Crippen molar-refractivity contribution < 1.29 is 14.2 Å². The first-order chi connectivity index (χ1) is 14.5. The number of hydrogen-bond acceptors (Lipinski definition) is 4. The van der Waals surface area contributed by atoms with Gasteiger partial charge in [0.05, 0.1) is 41.5 Å². The molecule has 0 amide bonds. The largest absolute Gasteiger partial charge is 0.386 e. The summed E-state index contributed by atoms with van der Waals surface area (Å²) in [6.07, 6.45) is 0.347. The molecule has 3 N–H and O–H groups in total. The molecule has 1 aromatic heterocycles. The first-order valence-corrected chi connectivity index (χ1v) is 10.4. The quantitative estimate of drug-likeness (QED) is 0.292. The van der Waals surface area contributed by atoms with E-state index in [0.717, 1.165) is 10.0 Å². The third-order valence-corrected chi connectivity index (χ3v) is 5.43. The van der Waals surface area contributed by atoms with E-state index in [1.165, 1.54) is 6.33 Å². The number of hydrogen-bond donors (Lipinski definition) is 3. The van der Waals surface area contributed by atoms with Gasteiger partial charge in [0.2, 0.25) is 0 Å². The predicted molar refractivity (Wildman–Crippen MR) is 120 cm³/mol. The Balaban J connectivity index is 1.62. The van der Waals surface area contributed by atoms with Gasteiger partial charge in [0.15, 0.2) is 5.82 Å². The fourth-order valence-corrected chi connectivity index (χ4v) is 3.85. The molecular formula is C22H18BrClFN3O2. The Hall–Kier alpha value is -2.45. The molecule has 1 unspecified atom stereocenters. The summed E-state index contributed by atoms with van der Waals surface area (Å²) in [6, 6.07) is 16.5. The summed E-state index contributed by atoms with van der Waals surface area (Å²) in [6.45, 7) is 0.338. The molecular weight excluding hydrogens is 473 g/mol. The van der Waals surface area contributed by atoms with E-state index in [1.54, 1.807) is 24.3 Å². The second-order valence-corrected chi connectivity index (χ2v) is 8.04. The van der Waals surface area contributed by atoms with Crippen molar-refractivity contribution in [1.82, 2.24) is 9.97 Å². The van der Waals surface area contributed by atoms with Gasteiger partial charge in [-0.15, -0.1) is 0 Å². The Morgan fingerprint density at radius 1 is 1.20 bits per heavy atom. The van der Waals surface area contributed by atoms with Crippen molar-refractivity contribution in [2.75, 3.05) is 11.9 Å². The number of anilines is 2. The molecule has 0 bridgehead atoms. The van der Waals surface area contributed by atoms with Crippen molar-refractivity contribution in [1.29, 1.82) is 0 Å². The van der Waals surface area contributed by atoms with E-state index in [1.807, 2.05) is 30.3 Å². The van der Waals surface area contributed by atoms with Crippen LogP contribution in [0.1, 0.15) is 17.2 Å². The number of nitrogens with one attached hydrogen (secondary N) is 2. The summed E-state index contributed by atoms with van der Waals surface area (Å²) in [7, 11) is 0. The molecule has 0 spiro atoms. The van der Waals surface area contributed by atoms with Crippen molar-refractivity contribution in [2.24, 2.45) is 0 Å². The molecule has 0 aliphatic carbocycles. The molecule has 0 aliphatic heterocycles. The summed E-state index contributed by atoms with van der Waals surface area (Å²) < 4.78 is 21.7. The SMILES string of the molecule is OC(COCc1ccccc1)c1cc2[nH]cnc2c(F)c1Nc1ccc(Br)cc1Cl. The van der Waals surface area contributed by atoms with Gasteiger partial charge in [-0.05, 0) is 29.8 Å². The van der Waals surface area contributed by atoms with Gasteiger partial charge >= 0.3 is 0 Å². The first kappa shape index (κ1) is 20.8. The van der Waals surface area contributed by atoms with E-state index in [9.17, 15) is 5.11 Å². The minimum Gasteiger partial charge on any atom is -0.386 e. The fraction of sp³-hybridized carbons (Fsp3) is 0.136. The second-order valence-electron chi connectivity index (χ2n) is 6.72. The predicted octanol–water partition coefficient (Wildman–Crippen LogP) is 6.11. The number of aliphatic hydroxyl groups is 1. The van der Waals surface area contributed by atoms with E-state index in [0.29, 0.717) is 28.4 Å². The smallest absolute Gasteiger partial charge is 0.174 e. The number of aliphatic hydroxyl groups excluding tert-OH is 1. The van der Waals surface area contributed by atoms with Crippen LogP contribution in [0.15, 0.2) is 65.4 Å². The summed E-state index contributed by atoms with van der Waals surface area (Å²) in [5, 5.41) is 14.2. The van der Waals surface area contributed by atoms with Gasteiger partial charge < -0.3 is 20.1 Å². The zero-order valence-corrected chi connectivity index (χ0v) is 18.0. The van der Waals surface area contributed by atoms with Gasteiger partial charge in [-0.3, -0.25) is 0 Å². The van der Waals surface area contributed by atoms with Crippen LogP contribution in [0.2, 0.25) is 5.02 Å². The van der Waals surface area contributed by atoms with Crippen LogP contribution in [0.3, 0.4) is 0 Å². The number of aromatic amines is 1. The van der Waals surface area contributed by atoms with Gasteiger partial charge in [0.1, 0.15) is 11.6 Å². The summed E-state index contributed by atoms with van der Waals surface area (Å²) in [5.41, 5.74) is 2.60. The van der Waals surface area contributed by atoms with Gasteiger partial charge in [-0.1, -0.05) is 57.9 Å². The molecule has 154 valence electrons. The second kappa shape index (κ2) is 9.14. The Labute approximate surface area is 186 Å². The van der Waals surface area contributed by atoms with Crippen molar-refractivity contribution in [3.63, 3.8) is 0 Å². The number of benzene rings is 3. The molecule has 0 saturated heterocycles. The van der Waals surface area contributed by atoms with Crippen molar-refractivity contribution >= 4 is 49.9 Å². The molecule has 1 atom stereocenters. The van der Waals surface area contributed by atoms with E-state index in [-0.39, 0.29) is 17.8 Å². The molecule has 0 aliphatic rings. The van der Waals surface area contributed by atoms with E-state index < -0.39 is 11.9 Å². The molecule has 0 fully saturated rings. The number of ether oxygens (including phenoxy) is 1. The first-order valence-electron chi connectivity index (χ1n) is 9.20. The summed E-state index contributed by atoms with van der Waals surface area (Å²) >= 11 is 9.64. The van der Waals surface area contributed by atoms with Crippen LogP contribution < -0.4 is 5.32 Å². The van der Waals surface area contributed by atoms with Crippen LogP contribution in [0.5, 0.6) is 0 Å². The average Bonchev–Trinajstić information content (AvgIpc) is 3.21. The molecule has 1 heterocycles. The van der Waals surface area contributed by atoms with E-state index in [4.69, 9.17) is 16.3 Å². The topological polar surface area (TPSA) is 70.2 Å². The lowest BCUT2D eigenvalue weighted by Crippen LogP contribution is -2.11. The van der Waals surface area contributed by atoms with Crippen LogP contribution in [-0.2, 0) is 11.3 Å². The molecule has 30 heavy (non-hydrogen) atoms. The number of halogens is 3. The Morgan fingerprint density at radius 2 is 2.00 bits per heavy atom. The maximum atomic E-state index is 15.3. The zero-order valence-electron chi connectivity index (χ0n) is 15.7. The normalized spacial score (nSPS) is 12.3. The lowest BCUT2D eigenvalue weighted by Gasteiger charge is -2.19. The standard InChI is InChI=1S/C22H18BrClFN3O2/c23-14-6-7-17(16(24)8-14)28-21-15(9-18-22(20(21)25)27-12-26-18)19(29)11-30-10-13-4-2-1-3-5-13/h1-9,12,19,28-29H,10-11H2,(H,26,27). The number of nitrogens with zero attached hydrogens (tertiary/aromatic N) is 1. The van der Waals surface area contributed by atoms with Gasteiger partial charge in [0.25, 0.3) is 0 Å². The number of aromatic nitrogens is 2. The lowest BCUT2D eigenvalue weighted by atomic mass is 10.0. The van der Waals surface area contributed by atoms with E-state index in [2.05, 4.69) is 31.2 Å². The minimum atomic E-state index is -1.06. The average molecular weight is 491 g/mol. The van der Waals surface area contributed by atoms with Crippen LogP contribution in [-0.4, -0.2) is 21.7 Å². The Bertz CT molecular complexity index is 1170. The van der Waals surface area contributed by atoms with Gasteiger partial charge in [-0.2, -0.15) is 0 Å². The molecule has 5 nitrogen and oxygen atoms in total. The molecule has 4 aromatic rings. The Kier molecular flexibility index (Phi) is 6.34. The van der Waals surface area contributed by atoms with Crippen molar-refractivity contribution in [2.45, 2.75) is 12.7 Å². The zero-order chi connectivity index (χ0) is 21.1. The van der Waals surface area contributed by atoms with Crippen LogP contribution in [0.4, 0.5) is 15.8 Å². The lowest BCUT2D eigenvalue weighted by molar-refractivity contribution is 0.0280. The van der Waals surface area contributed by atoms with Crippen LogP contribution >= 0.6 is 27.5 Å². The highest BCUT2D eigenvalue weighted by atomic mass is 79.9. The molecule has 8 heteroatoms. The fourth-order valence-electron chi connectivity index (χ4n) is 3.13. The third-order valence-electron chi connectivity index (χ3n) is 4.62. The molecule has 0 saturated carbocycles. The summed E-state index contributed by atoms with van der Waals surface area (Å²) in [4.78, 5) is 6.92. The van der Waals surface area contributed by atoms with Gasteiger partial charge in [0, 0.05) is 10.0 Å². The minimum absolute atomic E-state index is 0.00325. The summed E-state index contributed by atoms with van der Waals surface area (Å²) in [5.74, 6) is -0.579. The third kappa shape index (κ3) is 4.49. The maximum Gasteiger partial charge on any atom is 0.174 e. The highest BCUT2D eigenvalue weighted by molar-refractivity contribution is 9.10. The van der Waals surface area contributed by atoms with Crippen molar-refractivity contribution in [3.8, 4) is 0 Å². The molecule has 0 radical (unpaired) electrons. The van der Waals surface area contributed by atoms with Gasteiger partial charge in [-0.25, -0.2) is 9.37 Å².